The first kappa shape index (κ1) is 20.0. The number of rotatable bonds is 8. The van der Waals surface area contributed by atoms with E-state index >= 15 is 0 Å². The molecule has 26 heavy (non-hydrogen) atoms. The lowest BCUT2D eigenvalue weighted by molar-refractivity contribution is -0.123. The first-order valence-electron chi connectivity index (χ1n) is 8.68. The van der Waals surface area contributed by atoms with Crippen molar-refractivity contribution in [1.29, 1.82) is 0 Å². The van der Waals surface area contributed by atoms with Gasteiger partial charge in [-0.15, -0.1) is 0 Å². The number of carbonyl (C=O) groups excluding carboxylic acids is 1. The van der Waals surface area contributed by atoms with E-state index in [1.165, 1.54) is 0 Å². The summed E-state index contributed by atoms with van der Waals surface area (Å²) in [6.45, 7) is 6.03. The number of hydrogen-bond acceptors (Lipinski definition) is 3. The highest BCUT2D eigenvalue weighted by Crippen LogP contribution is 2.25. The molecule has 1 amide bonds. The normalized spacial score (nSPS) is 12.6. The Balaban J connectivity index is 1.94. The summed E-state index contributed by atoms with van der Waals surface area (Å²) in [4.78, 5) is 12.6. The van der Waals surface area contributed by atoms with E-state index in [0.29, 0.717) is 5.69 Å². The summed E-state index contributed by atoms with van der Waals surface area (Å²) in [6, 6.07) is 16.6. The molecule has 0 aliphatic rings. The van der Waals surface area contributed by atoms with Gasteiger partial charge in [-0.3, -0.25) is 9.52 Å². The van der Waals surface area contributed by atoms with Crippen molar-refractivity contribution in [2.45, 2.75) is 26.7 Å². The molecule has 2 aromatic rings. The monoisotopic (exact) mass is 374 g/mol. The van der Waals surface area contributed by atoms with E-state index in [2.05, 4.69) is 10.0 Å². The van der Waals surface area contributed by atoms with Crippen LogP contribution in [0.5, 0.6) is 0 Å². The first-order chi connectivity index (χ1) is 12.3. The topological polar surface area (TPSA) is 75.3 Å². The fourth-order valence-electron chi connectivity index (χ4n) is 2.77. The van der Waals surface area contributed by atoms with Crippen LogP contribution in [0.25, 0.3) is 0 Å². The Bertz CT molecular complexity index is 816. The van der Waals surface area contributed by atoms with Crippen LogP contribution in [-0.4, -0.2) is 26.6 Å². The van der Waals surface area contributed by atoms with Crippen LogP contribution >= 0.6 is 0 Å². The Kier molecular flexibility index (Phi) is 6.80. The van der Waals surface area contributed by atoms with Crippen molar-refractivity contribution in [2.24, 2.45) is 5.92 Å². The molecule has 0 saturated heterocycles. The number of benzene rings is 2. The molecule has 2 aromatic carbocycles. The van der Waals surface area contributed by atoms with E-state index in [1.54, 1.807) is 24.3 Å². The predicted molar refractivity (Wildman–Crippen MR) is 106 cm³/mol. The highest BCUT2D eigenvalue weighted by molar-refractivity contribution is 7.92. The smallest absolute Gasteiger partial charge is 0.234 e. The van der Waals surface area contributed by atoms with Crippen molar-refractivity contribution in [1.82, 2.24) is 5.32 Å². The zero-order valence-electron chi connectivity index (χ0n) is 15.4. The molecule has 0 bridgehead atoms. The SMILES string of the molecule is Cc1ccc(C(C(=O)NCCS(=O)(=O)Nc2ccccc2)C(C)C)cc1. The Labute approximate surface area is 155 Å². The third kappa shape index (κ3) is 5.88. The molecule has 5 nitrogen and oxygen atoms in total. The Morgan fingerprint density at radius 3 is 2.19 bits per heavy atom. The van der Waals surface area contributed by atoms with Crippen LogP contribution in [0.4, 0.5) is 5.69 Å². The summed E-state index contributed by atoms with van der Waals surface area (Å²) in [7, 11) is -3.51. The van der Waals surface area contributed by atoms with Crippen molar-refractivity contribution in [3.63, 3.8) is 0 Å². The maximum atomic E-state index is 12.6. The zero-order chi connectivity index (χ0) is 19.2. The third-order valence-electron chi connectivity index (χ3n) is 4.10. The number of hydrogen-bond donors (Lipinski definition) is 2. The number of carbonyl (C=O) groups is 1. The van der Waals surface area contributed by atoms with Crippen LogP contribution in [-0.2, 0) is 14.8 Å². The van der Waals surface area contributed by atoms with Crippen molar-refractivity contribution in [2.75, 3.05) is 17.0 Å². The summed E-state index contributed by atoms with van der Waals surface area (Å²) in [5.41, 5.74) is 2.58. The van der Waals surface area contributed by atoms with Gasteiger partial charge in [0.15, 0.2) is 0 Å². The number of anilines is 1. The zero-order valence-corrected chi connectivity index (χ0v) is 16.2. The van der Waals surface area contributed by atoms with Gasteiger partial charge in [-0.2, -0.15) is 0 Å². The first-order valence-corrected chi connectivity index (χ1v) is 10.3. The molecule has 0 heterocycles. The van der Waals surface area contributed by atoms with Gasteiger partial charge in [0, 0.05) is 12.2 Å². The van der Waals surface area contributed by atoms with Crippen LogP contribution in [0.15, 0.2) is 54.6 Å². The maximum Gasteiger partial charge on any atom is 0.234 e. The van der Waals surface area contributed by atoms with Gasteiger partial charge >= 0.3 is 0 Å². The van der Waals surface area contributed by atoms with Crippen LogP contribution in [0, 0.1) is 12.8 Å². The molecular formula is C20H26N2O3S. The molecule has 140 valence electrons. The van der Waals surface area contributed by atoms with Crippen molar-refractivity contribution < 1.29 is 13.2 Å². The standard InChI is InChI=1S/C20H26N2O3S/c1-15(2)19(17-11-9-16(3)10-12-17)20(23)21-13-14-26(24,25)22-18-7-5-4-6-8-18/h4-12,15,19,22H,13-14H2,1-3H3,(H,21,23). The van der Waals surface area contributed by atoms with Crippen LogP contribution < -0.4 is 10.0 Å². The van der Waals surface area contributed by atoms with E-state index in [1.807, 2.05) is 51.1 Å². The third-order valence-corrected chi connectivity index (χ3v) is 5.39. The van der Waals surface area contributed by atoms with Gasteiger partial charge in [0.1, 0.15) is 0 Å². The summed E-state index contributed by atoms with van der Waals surface area (Å²) in [5, 5.41) is 2.76. The van der Waals surface area contributed by atoms with Crippen molar-refractivity contribution in [3.05, 3.63) is 65.7 Å². The number of nitrogens with one attached hydrogen (secondary N) is 2. The van der Waals surface area contributed by atoms with Crippen LogP contribution in [0.1, 0.15) is 30.9 Å². The van der Waals surface area contributed by atoms with Crippen LogP contribution in [0.3, 0.4) is 0 Å². The minimum atomic E-state index is -3.51. The number of amides is 1. The predicted octanol–water partition coefficient (Wildman–Crippen LogP) is 3.29. The second-order valence-corrected chi connectivity index (χ2v) is 8.55. The van der Waals surface area contributed by atoms with Gasteiger partial charge in [-0.05, 0) is 30.5 Å². The highest BCUT2D eigenvalue weighted by atomic mass is 32.2. The van der Waals surface area contributed by atoms with E-state index < -0.39 is 10.0 Å². The summed E-state index contributed by atoms with van der Waals surface area (Å²) in [6.07, 6.45) is 0. The van der Waals surface area contributed by atoms with Gasteiger partial charge in [-0.25, -0.2) is 8.42 Å². The number of para-hydroxylation sites is 1. The minimum Gasteiger partial charge on any atom is -0.354 e. The molecule has 6 heteroatoms. The average Bonchev–Trinajstić information content (AvgIpc) is 2.57. The van der Waals surface area contributed by atoms with E-state index in [9.17, 15) is 13.2 Å². The molecule has 1 unspecified atom stereocenters. The van der Waals surface area contributed by atoms with Crippen molar-refractivity contribution >= 4 is 21.6 Å². The number of aryl methyl sites for hydroxylation is 1. The van der Waals surface area contributed by atoms with Crippen molar-refractivity contribution in [3.8, 4) is 0 Å². The fraction of sp³-hybridized carbons (Fsp3) is 0.350. The molecule has 0 aliphatic heterocycles. The fourth-order valence-corrected chi connectivity index (χ4v) is 3.74. The molecule has 2 N–H and O–H groups in total. The average molecular weight is 375 g/mol. The second kappa shape index (κ2) is 8.85. The van der Waals surface area contributed by atoms with E-state index in [-0.39, 0.29) is 30.0 Å². The summed E-state index contributed by atoms with van der Waals surface area (Å²) < 4.78 is 26.8. The van der Waals surface area contributed by atoms with E-state index in [0.717, 1.165) is 11.1 Å². The quantitative estimate of drug-likeness (QED) is 0.744. The molecule has 0 aromatic heterocycles. The molecular weight excluding hydrogens is 348 g/mol. The van der Waals surface area contributed by atoms with Crippen LogP contribution in [0.2, 0.25) is 0 Å². The lowest BCUT2D eigenvalue weighted by Crippen LogP contribution is -2.36. The summed E-state index contributed by atoms with van der Waals surface area (Å²) >= 11 is 0. The lowest BCUT2D eigenvalue weighted by Gasteiger charge is -2.21. The number of sulfonamides is 1. The van der Waals surface area contributed by atoms with Gasteiger partial charge in [-0.1, -0.05) is 61.9 Å². The van der Waals surface area contributed by atoms with E-state index in [4.69, 9.17) is 0 Å². The molecule has 2 rings (SSSR count). The minimum absolute atomic E-state index is 0.0656. The molecule has 0 spiro atoms. The highest BCUT2D eigenvalue weighted by Gasteiger charge is 2.24. The summed E-state index contributed by atoms with van der Waals surface area (Å²) in [5.74, 6) is -0.525. The molecule has 0 saturated carbocycles. The Morgan fingerprint density at radius 2 is 1.62 bits per heavy atom. The van der Waals surface area contributed by atoms with Gasteiger partial charge in [0.05, 0.1) is 11.7 Å². The Hall–Kier alpha value is -2.34. The van der Waals surface area contributed by atoms with Gasteiger partial charge in [0.2, 0.25) is 15.9 Å². The molecule has 0 aliphatic carbocycles. The molecule has 1 atom stereocenters. The lowest BCUT2D eigenvalue weighted by atomic mass is 9.87. The largest absolute Gasteiger partial charge is 0.354 e. The van der Waals surface area contributed by atoms with Gasteiger partial charge < -0.3 is 5.32 Å². The maximum absolute atomic E-state index is 12.6. The molecule has 0 radical (unpaired) electrons. The Morgan fingerprint density at radius 1 is 1.00 bits per heavy atom. The van der Waals surface area contributed by atoms with Gasteiger partial charge in [0.25, 0.3) is 0 Å². The molecule has 0 fully saturated rings. The second-order valence-electron chi connectivity index (χ2n) is 6.71.